The van der Waals surface area contributed by atoms with Gasteiger partial charge in [-0.2, -0.15) is 0 Å². The molecule has 4 heterocycles. The Morgan fingerprint density at radius 2 is 2.08 bits per heavy atom. The van der Waals surface area contributed by atoms with Gasteiger partial charge >= 0.3 is 0 Å². The fourth-order valence-corrected chi connectivity index (χ4v) is 4.14. The Hall–Kier alpha value is -1.57. The van der Waals surface area contributed by atoms with Gasteiger partial charge in [-0.25, -0.2) is 9.97 Å². The minimum atomic E-state index is -0.158. The first-order valence-electron chi connectivity index (χ1n) is 9.10. The summed E-state index contributed by atoms with van der Waals surface area (Å²) in [5.74, 6) is 0.478. The first kappa shape index (κ1) is 15.9. The summed E-state index contributed by atoms with van der Waals surface area (Å²) < 4.78 is 0. The van der Waals surface area contributed by atoms with E-state index in [9.17, 15) is 4.79 Å². The first-order chi connectivity index (χ1) is 11.8. The molecule has 7 nitrogen and oxygen atoms in total. The highest BCUT2D eigenvalue weighted by atomic mass is 16.2. The van der Waals surface area contributed by atoms with Crippen molar-refractivity contribution in [2.45, 2.75) is 37.3 Å². The Balaban J connectivity index is 1.48. The molecule has 1 aromatic heterocycles. The molecule has 0 aliphatic carbocycles. The number of rotatable bonds is 4. The Labute approximate surface area is 142 Å². The summed E-state index contributed by atoms with van der Waals surface area (Å²) in [6, 6.07) is 2.64. The van der Waals surface area contributed by atoms with Crippen LogP contribution in [-0.2, 0) is 0 Å². The van der Waals surface area contributed by atoms with E-state index in [1.165, 1.54) is 25.9 Å². The van der Waals surface area contributed by atoms with Crippen LogP contribution in [0.5, 0.6) is 0 Å². The Bertz CT molecular complexity index is 582. The van der Waals surface area contributed by atoms with Crippen LogP contribution in [0.2, 0.25) is 0 Å². The minimum absolute atomic E-state index is 0.158. The lowest BCUT2D eigenvalue weighted by molar-refractivity contribution is 0.0929. The summed E-state index contributed by atoms with van der Waals surface area (Å²) in [5, 5.41) is 9.77. The molecule has 3 aliphatic rings. The van der Waals surface area contributed by atoms with Crippen LogP contribution in [0.3, 0.4) is 0 Å². The van der Waals surface area contributed by atoms with Crippen molar-refractivity contribution in [1.82, 2.24) is 30.8 Å². The standard InChI is InChI=1S/C17H26N6O/c24-17(21-12-3-5-18-9-12)16-20-6-4-14(22-16)13-10-19-11-15(13)23-7-1-2-8-23/h4,6,12-13,15,18-19H,1-3,5,7-11H2,(H,21,24)/t12-,13?,15?/m0/s1. The third-order valence-corrected chi connectivity index (χ3v) is 5.45. The van der Waals surface area contributed by atoms with Crippen LogP contribution in [-0.4, -0.2) is 72.1 Å². The number of hydrogen-bond acceptors (Lipinski definition) is 6. The van der Waals surface area contributed by atoms with E-state index in [1.807, 2.05) is 6.07 Å². The van der Waals surface area contributed by atoms with Crippen molar-refractivity contribution < 1.29 is 4.79 Å². The molecule has 4 rings (SSSR count). The topological polar surface area (TPSA) is 82.2 Å². The van der Waals surface area contributed by atoms with Crippen LogP contribution in [0.1, 0.15) is 41.5 Å². The second-order valence-corrected chi connectivity index (χ2v) is 7.04. The molecule has 0 aromatic carbocycles. The summed E-state index contributed by atoms with van der Waals surface area (Å²) in [7, 11) is 0. The lowest BCUT2D eigenvalue weighted by Gasteiger charge is -2.28. The maximum Gasteiger partial charge on any atom is 0.289 e. The molecule has 1 amide bonds. The largest absolute Gasteiger partial charge is 0.345 e. The van der Waals surface area contributed by atoms with Gasteiger partial charge in [0.15, 0.2) is 0 Å². The zero-order valence-electron chi connectivity index (χ0n) is 14.0. The van der Waals surface area contributed by atoms with Crippen molar-refractivity contribution in [3.8, 4) is 0 Å². The zero-order chi connectivity index (χ0) is 16.4. The van der Waals surface area contributed by atoms with E-state index >= 15 is 0 Å². The fraction of sp³-hybridized carbons (Fsp3) is 0.706. The maximum absolute atomic E-state index is 12.4. The maximum atomic E-state index is 12.4. The quantitative estimate of drug-likeness (QED) is 0.704. The number of hydrogen-bond donors (Lipinski definition) is 3. The second kappa shape index (κ2) is 7.13. The van der Waals surface area contributed by atoms with Crippen LogP contribution in [0, 0.1) is 0 Å². The average molecular weight is 330 g/mol. The van der Waals surface area contributed by atoms with E-state index in [-0.39, 0.29) is 11.9 Å². The molecule has 1 aromatic rings. The summed E-state index contributed by atoms with van der Waals surface area (Å²) >= 11 is 0. The molecule has 3 fully saturated rings. The van der Waals surface area contributed by atoms with Crippen LogP contribution in [0.25, 0.3) is 0 Å². The highest BCUT2D eigenvalue weighted by Gasteiger charge is 2.35. The van der Waals surface area contributed by atoms with Gasteiger partial charge in [0, 0.05) is 43.8 Å². The monoisotopic (exact) mass is 330 g/mol. The van der Waals surface area contributed by atoms with Crippen LogP contribution < -0.4 is 16.0 Å². The molecule has 0 spiro atoms. The van der Waals surface area contributed by atoms with Gasteiger partial charge in [0.05, 0.1) is 5.69 Å². The first-order valence-corrected chi connectivity index (χ1v) is 9.10. The number of nitrogens with one attached hydrogen (secondary N) is 3. The van der Waals surface area contributed by atoms with Crippen molar-refractivity contribution >= 4 is 5.91 Å². The summed E-state index contributed by atoms with van der Waals surface area (Å²) in [5.41, 5.74) is 0.988. The van der Waals surface area contributed by atoms with E-state index in [4.69, 9.17) is 0 Å². The number of amides is 1. The molecule has 3 aliphatic heterocycles. The molecule has 0 radical (unpaired) electrons. The highest BCUT2D eigenvalue weighted by Crippen LogP contribution is 2.27. The van der Waals surface area contributed by atoms with Crippen molar-refractivity contribution in [3.05, 3.63) is 23.8 Å². The molecular weight excluding hydrogens is 304 g/mol. The molecule has 3 atom stereocenters. The fourth-order valence-electron chi connectivity index (χ4n) is 4.14. The number of likely N-dealkylation sites (tertiary alicyclic amines) is 1. The lowest BCUT2D eigenvalue weighted by Crippen LogP contribution is -2.39. The van der Waals surface area contributed by atoms with Gasteiger partial charge < -0.3 is 16.0 Å². The average Bonchev–Trinajstić information content (AvgIpc) is 3.35. The van der Waals surface area contributed by atoms with Crippen molar-refractivity contribution in [2.24, 2.45) is 0 Å². The van der Waals surface area contributed by atoms with E-state index in [0.29, 0.717) is 17.8 Å². The molecule has 7 heteroatoms. The van der Waals surface area contributed by atoms with Crippen LogP contribution in [0.4, 0.5) is 0 Å². The van der Waals surface area contributed by atoms with Gasteiger partial charge in [-0.1, -0.05) is 0 Å². The van der Waals surface area contributed by atoms with Gasteiger partial charge in [-0.05, 0) is 45.0 Å². The molecule has 3 saturated heterocycles. The van der Waals surface area contributed by atoms with Crippen LogP contribution in [0.15, 0.2) is 12.3 Å². The molecule has 0 saturated carbocycles. The van der Waals surface area contributed by atoms with Crippen molar-refractivity contribution in [3.63, 3.8) is 0 Å². The van der Waals surface area contributed by atoms with Crippen LogP contribution >= 0.6 is 0 Å². The third kappa shape index (κ3) is 3.29. The third-order valence-electron chi connectivity index (χ3n) is 5.45. The number of carbonyl (C=O) groups is 1. The smallest absolute Gasteiger partial charge is 0.289 e. The summed E-state index contributed by atoms with van der Waals surface area (Å²) in [4.78, 5) is 23.8. The van der Waals surface area contributed by atoms with E-state index < -0.39 is 0 Å². The van der Waals surface area contributed by atoms with Gasteiger partial charge in [0.2, 0.25) is 5.82 Å². The lowest BCUT2D eigenvalue weighted by atomic mass is 9.98. The SMILES string of the molecule is O=C(N[C@H]1CCNC1)c1nccc(C2CNCC2N2CCCC2)n1. The number of aromatic nitrogens is 2. The summed E-state index contributed by atoms with van der Waals surface area (Å²) in [6.45, 7) is 6.06. The number of carbonyl (C=O) groups excluding carboxylic acids is 1. The number of nitrogens with zero attached hydrogens (tertiary/aromatic N) is 3. The molecule has 24 heavy (non-hydrogen) atoms. The Morgan fingerprint density at radius 3 is 2.88 bits per heavy atom. The van der Waals surface area contributed by atoms with E-state index in [1.54, 1.807) is 6.20 Å². The molecular formula is C17H26N6O. The second-order valence-electron chi connectivity index (χ2n) is 7.04. The van der Waals surface area contributed by atoms with Gasteiger partial charge in [0.25, 0.3) is 5.91 Å². The molecule has 3 N–H and O–H groups in total. The predicted molar refractivity (Wildman–Crippen MR) is 91.0 cm³/mol. The normalized spacial score (nSPS) is 30.8. The summed E-state index contributed by atoms with van der Waals surface area (Å²) in [6.07, 6.45) is 5.27. The minimum Gasteiger partial charge on any atom is -0.345 e. The predicted octanol–water partition coefficient (Wildman–Crippen LogP) is -0.280. The van der Waals surface area contributed by atoms with Gasteiger partial charge in [-0.3, -0.25) is 9.69 Å². The Kier molecular flexibility index (Phi) is 4.73. The van der Waals surface area contributed by atoms with Crippen molar-refractivity contribution in [1.29, 1.82) is 0 Å². The zero-order valence-corrected chi connectivity index (χ0v) is 14.0. The van der Waals surface area contributed by atoms with Gasteiger partial charge in [0.1, 0.15) is 0 Å². The highest BCUT2D eigenvalue weighted by molar-refractivity contribution is 5.90. The van der Waals surface area contributed by atoms with Gasteiger partial charge in [-0.15, -0.1) is 0 Å². The molecule has 2 unspecified atom stereocenters. The van der Waals surface area contributed by atoms with E-state index in [2.05, 4.69) is 30.8 Å². The molecule has 130 valence electrons. The van der Waals surface area contributed by atoms with Crippen molar-refractivity contribution in [2.75, 3.05) is 39.3 Å². The molecule has 0 bridgehead atoms. The van der Waals surface area contributed by atoms with E-state index in [0.717, 1.165) is 38.3 Å². The Morgan fingerprint density at radius 1 is 1.21 bits per heavy atom.